The summed E-state index contributed by atoms with van der Waals surface area (Å²) in [7, 11) is 0. The molecule has 0 spiro atoms. The molecule has 1 aromatic carbocycles. The normalized spacial score (nSPS) is 10.3. The summed E-state index contributed by atoms with van der Waals surface area (Å²) in [6, 6.07) is 3.10. The minimum atomic E-state index is -0.867. The molecule has 0 fully saturated rings. The van der Waals surface area contributed by atoms with Gasteiger partial charge >= 0.3 is 5.97 Å². The number of carboxylic acids is 1. The molecule has 4 heteroatoms. The Morgan fingerprint density at radius 3 is 2.80 bits per heavy atom. The minimum Gasteiger partial charge on any atom is -0.481 e. The van der Waals surface area contributed by atoms with Crippen LogP contribution in [0.15, 0.2) is 12.1 Å². The molecule has 0 aliphatic carbocycles. The highest BCUT2D eigenvalue weighted by Crippen LogP contribution is 2.20. The van der Waals surface area contributed by atoms with E-state index < -0.39 is 5.97 Å². The lowest BCUT2D eigenvalue weighted by Gasteiger charge is -2.05. The van der Waals surface area contributed by atoms with Crippen molar-refractivity contribution in [3.05, 3.63) is 34.1 Å². The van der Waals surface area contributed by atoms with Gasteiger partial charge in [0, 0.05) is 11.4 Å². The van der Waals surface area contributed by atoms with Crippen LogP contribution in [0.25, 0.3) is 0 Å². The Hall–Kier alpha value is -1.09. The van der Waals surface area contributed by atoms with E-state index >= 15 is 0 Å². The Morgan fingerprint density at radius 1 is 1.53 bits per heavy atom. The van der Waals surface area contributed by atoms with Crippen LogP contribution in [0.4, 0.5) is 4.39 Å². The van der Waals surface area contributed by atoms with Crippen LogP contribution in [0, 0.1) is 12.7 Å². The second kappa shape index (κ2) is 5.12. The van der Waals surface area contributed by atoms with Crippen LogP contribution in [-0.4, -0.2) is 11.1 Å². The third kappa shape index (κ3) is 3.51. The van der Waals surface area contributed by atoms with Gasteiger partial charge in [0.25, 0.3) is 0 Å². The van der Waals surface area contributed by atoms with E-state index in [4.69, 9.17) is 16.7 Å². The topological polar surface area (TPSA) is 37.3 Å². The highest BCUT2D eigenvalue weighted by Gasteiger charge is 2.07. The fraction of sp³-hybridized carbons (Fsp3) is 0.364. The number of carboxylic acid groups (broad SMARTS) is 1. The number of hydrogen-bond acceptors (Lipinski definition) is 1. The SMILES string of the molecule is Cc1cc(Cl)cc(CCCC(=O)O)c1F. The highest BCUT2D eigenvalue weighted by molar-refractivity contribution is 6.30. The second-order valence-corrected chi connectivity index (χ2v) is 3.88. The molecule has 2 nitrogen and oxygen atoms in total. The Morgan fingerprint density at radius 2 is 2.20 bits per heavy atom. The average molecular weight is 231 g/mol. The van der Waals surface area contributed by atoms with Crippen LogP contribution in [0.3, 0.4) is 0 Å². The number of aryl methyl sites for hydroxylation is 2. The molecular formula is C11H12ClFO2. The van der Waals surface area contributed by atoms with Gasteiger partial charge in [-0.1, -0.05) is 11.6 Å². The number of carbonyl (C=O) groups is 1. The molecule has 0 heterocycles. The van der Waals surface area contributed by atoms with Crippen molar-refractivity contribution in [2.24, 2.45) is 0 Å². The van der Waals surface area contributed by atoms with E-state index in [0.29, 0.717) is 29.0 Å². The van der Waals surface area contributed by atoms with E-state index in [1.165, 1.54) is 0 Å². The summed E-state index contributed by atoms with van der Waals surface area (Å²) in [5.41, 5.74) is 0.981. The first-order chi connectivity index (χ1) is 7.00. The first-order valence-electron chi connectivity index (χ1n) is 4.67. The lowest BCUT2D eigenvalue weighted by Crippen LogP contribution is -1.98. The Bertz CT molecular complexity index is 377. The van der Waals surface area contributed by atoms with Crippen molar-refractivity contribution in [3.8, 4) is 0 Å². The maximum absolute atomic E-state index is 13.5. The molecule has 0 saturated heterocycles. The van der Waals surface area contributed by atoms with Gasteiger partial charge in [-0.2, -0.15) is 0 Å². The van der Waals surface area contributed by atoms with E-state index in [1.54, 1.807) is 19.1 Å². The molecule has 82 valence electrons. The van der Waals surface area contributed by atoms with Crippen molar-refractivity contribution in [2.75, 3.05) is 0 Å². The molecule has 1 N–H and O–H groups in total. The van der Waals surface area contributed by atoms with Crippen LogP contribution in [0.2, 0.25) is 5.02 Å². The number of benzene rings is 1. The van der Waals surface area contributed by atoms with Gasteiger partial charge in [-0.05, 0) is 43.0 Å². The Balaban J connectivity index is 2.72. The van der Waals surface area contributed by atoms with E-state index in [0.717, 1.165) is 0 Å². The summed E-state index contributed by atoms with van der Waals surface area (Å²) in [5.74, 6) is -1.15. The van der Waals surface area contributed by atoms with Crippen LogP contribution >= 0.6 is 11.6 Å². The van der Waals surface area contributed by atoms with Crippen molar-refractivity contribution in [2.45, 2.75) is 26.2 Å². The van der Waals surface area contributed by atoms with Crippen molar-refractivity contribution in [3.63, 3.8) is 0 Å². The zero-order chi connectivity index (χ0) is 11.4. The zero-order valence-corrected chi connectivity index (χ0v) is 9.14. The Labute approximate surface area is 92.7 Å². The molecule has 0 bridgehead atoms. The smallest absolute Gasteiger partial charge is 0.303 e. The first kappa shape index (κ1) is 12.0. The minimum absolute atomic E-state index is 0.0466. The summed E-state index contributed by atoms with van der Waals surface area (Å²) in [5, 5.41) is 8.94. The second-order valence-electron chi connectivity index (χ2n) is 3.44. The monoisotopic (exact) mass is 230 g/mol. The standard InChI is InChI=1S/C11H12ClFO2/c1-7-5-9(12)6-8(11(7)13)3-2-4-10(14)15/h5-6H,2-4H2,1H3,(H,14,15). The maximum Gasteiger partial charge on any atom is 0.303 e. The van der Waals surface area contributed by atoms with E-state index in [-0.39, 0.29) is 12.2 Å². The fourth-order valence-electron chi connectivity index (χ4n) is 1.41. The van der Waals surface area contributed by atoms with Crippen molar-refractivity contribution >= 4 is 17.6 Å². The average Bonchev–Trinajstić information content (AvgIpc) is 2.12. The predicted octanol–water partition coefficient (Wildman–Crippen LogP) is 3.19. The summed E-state index contributed by atoms with van der Waals surface area (Å²) in [4.78, 5) is 10.3. The number of rotatable bonds is 4. The van der Waals surface area contributed by atoms with Crippen molar-refractivity contribution in [1.29, 1.82) is 0 Å². The molecule has 0 radical (unpaired) electrons. The van der Waals surface area contributed by atoms with Gasteiger partial charge < -0.3 is 5.11 Å². The summed E-state index contributed by atoms with van der Waals surface area (Å²) in [6.07, 6.45) is 0.872. The van der Waals surface area contributed by atoms with Crippen LogP contribution in [0.1, 0.15) is 24.0 Å². The number of hydrogen-bond donors (Lipinski definition) is 1. The molecule has 0 unspecified atom stereocenters. The molecule has 0 aromatic heterocycles. The number of halogens is 2. The molecule has 0 aliphatic rings. The molecular weight excluding hydrogens is 219 g/mol. The zero-order valence-electron chi connectivity index (χ0n) is 8.39. The molecule has 1 rings (SSSR count). The summed E-state index contributed by atoms with van der Waals surface area (Å²) < 4.78 is 13.5. The van der Waals surface area contributed by atoms with Gasteiger partial charge in [0.15, 0.2) is 0 Å². The quantitative estimate of drug-likeness (QED) is 0.863. The Kier molecular flexibility index (Phi) is 4.09. The molecule has 1 aromatic rings. The van der Waals surface area contributed by atoms with Crippen LogP contribution in [-0.2, 0) is 11.2 Å². The largest absolute Gasteiger partial charge is 0.481 e. The summed E-state index contributed by atoms with van der Waals surface area (Å²) in [6.45, 7) is 1.64. The predicted molar refractivity (Wildman–Crippen MR) is 56.7 cm³/mol. The lowest BCUT2D eigenvalue weighted by molar-refractivity contribution is -0.137. The van der Waals surface area contributed by atoms with Gasteiger partial charge in [0.05, 0.1) is 0 Å². The maximum atomic E-state index is 13.5. The van der Waals surface area contributed by atoms with Crippen LogP contribution in [0.5, 0.6) is 0 Å². The van der Waals surface area contributed by atoms with Gasteiger partial charge in [0.2, 0.25) is 0 Å². The first-order valence-corrected chi connectivity index (χ1v) is 5.05. The van der Waals surface area contributed by atoms with E-state index in [9.17, 15) is 9.18 Å². The molecule has 0 atom stereocenters. The molecule has 0 saturated carbocycles. The summed E-state index contributed by atoms with van der Waals surface area (Å²) >= 11 is 5.78. The van der Waals surface area contributed by atoms with Gasteiger partial charge in [-0.25, -0.2) is 4.39 Å². The van der Waals surface area contributed by atoms with Crippen LogP contribution < -0.4 is 0 Å². The van der Waals surface area contributed by atoms with Gasteiger partial charge in [0.1, 0.15) is 5.82 Å². The fourth-order valence-corrected chi connectivity index (χ4v) is 1.70. The molecule has 15 heavy (non-hydrogen) atoms. The third-order valence-corrected chi connectivity index (χ3v) is 2.35. The third-order valence-electron chi connectivity index (χ3n) is 2.13. The number of aliphatic carboxylic acids is 1. The van der Waals surface area contributed by atoms with E-state index in [2.05, 4.69) is 0 Å². The lowest BCUT2D eigenvalue weighted by atomic mass is 10.0. The van der Waals surface area contributed by atoms with Gasteiger partial charge in [-0.15, -0.1) is 0 Å². The van der Waals surface area contributed by atoms with Crippen molar-refractivity contribution in [1.82, 2.24) is 0 Å². The van der Waals surface area contributed by atoms with E-state index in [1.807, 2.05) is 0 Å². The molecule has 0 aliphatic heterocycles. The van der Waals surface area contributed by atoms with Gasteiger partial charge in [-0.3, -0.25) is 4.79 Å². The van der Waals surface area contributed by atoms with Crippen molar-refractivity contribution < 1.29 is 14.3 Å². The highest BCUT2D eigenvalue weighted by atomic mass is 35.5. The molecule has 0 amide bonds.